The van der Waals surface area contributed by atoms with Crippen molar-refractivity contribution >= 4 is 16.1 Å². The van der Waals surface area contributed by atoms with E-state index in [9.17, 15) is 39.7 Å². The van der Waals surface area contributed by atoms with Crippen molar-refractivity contribution in [3.8, 4) is 0 Å². The van der Waals surface area contributed by atoms with Crippen molar-refractivity contribution in [3.05, 3.63) is 0 Å². The quantitative estimate of drug-likeness (QED) is 0.418. The van der Waals surface area contributed by atoms with Crippen LogP contribution in [0.2, 0.25) is 0 Å². The van der Waals surface area contributed by atoms with Crippen LogP contribution in [0.25, 0.3) is 0 Å². The highest BCUT2D eigenvalue weighted by molar-refractivity contribution is 7.87. The molecular weight excluding hydrogens is 375 g/mol. The Labute approximate surface area is 140 Å². The first kappa shape index (κ1) is 18.8. The summed E-state index contributed by atoms with van der Waals surface area (Å²) in [6, 6.07) is 0. The molecule has 0 aromatic rings. The molecule has 0 heterocycles. The molecule has 2 unspecified atom stereocenters. The van der Waals surface area contributed by atoms with Gasteiger partial charge in [0.25, 0.3) is 0 Å². The lowest BCUT2D eigenvalue weighted by molar-refractivity contribution is -0.290. The minimum Gasteiger partial charge on any atom is -0.743 e. The monoisotopic (exact) mass is 391 g/mol. The highest BCUT2D eigenvalue weighted by atomic mass is 32.2. The summed E-state index contributed by atoms with van der Waals surface area (Å²) in [4.78, 5) is 11.3. The van der Waals surface area contributed by atoms with Gasteiger partial charge in [0.05, 0.1) is 12.0 Å². The molecule has 4 bridgehead atoms. The molecule has 0 amide bonds. The predicted molar refractivity (Wildman–Crippen MR) is 71.2 cm³/mol. The summed E-state index contributed by atoms with van der Waals surface area (Å²) in [5.74, 6) is -2.99. The molecule has 4 rings (SSSR count). The molecule has 0 saturated heterocycles. The molecule has 0 aliphatic heterocycles. The smallest absolute Gasteiger partial charge is 0.428 e. The van der Waals surface area contributed by atoms with Crippen molar-refractivity contribution in [3.63, 3.8) is 0 Å². The van der Waals surface area contributed by atoms with Crippen LogP contribution in [0.5, 0.6) is 0 Å². The minimum atomic E-state index is -6.25. The second-order valence-corrected chi connectivity index (χ2v) is 9.21. The summed E-state index contributed by atoms with van der Waals surface area (Å²) in [7, 11) is -6.25. The minimum absolute atomic E-state index is 0.0200. The van der Waals surface area contributed by atoms with Gasteiger partial charge in [-0.1, -0.05) is 0 Å². The molecule has 11 heteroatoms. The fourth-order valence-corrected chi connectivity index (χ4v) is 5.62. The zero-order valence-electron chi connectivity index (χ0n) is 12.9. The third-order valence-electron chi connectivity index (χ3n) is 5.84. The second-order valence-electron chi connectivity index (χ2n) is 7.79. The molecule has 0 aromatic heterocycles. The van der Waals surface area contributed by atoms with E-state index in [-0.39, 0.29) is 31.1 Å². The third-order valence-corrected chi connectivity index (χ3v) is 6.64. The van der Waals surface area contributed by atoms with E-state index >= 15 is 0 Å². The number of rotatable bonds is 4. The van der Waals surface area contributed by atoms with E-state index in [1.807, 2.05) is 0 Å². The number of ether oxygens (including phenoxy) is 1. The van der Waals surface area contributed by atoms with E-state index in [0.29, 0.717) is 19.3 Å². The van der Waals surface area contributed by atoms with Gasteiger partial charge in [0.2, 0.25) is 0 Å². The largest absolute Gasteiger partial charge is 0.743 e. The average Bonchev–Trinajstić information content (AvgIpc) is 2.41. The van der Waals surface area contributed by atoms with Crippen molar-refractivity contribution in [2.45, 2.75) is 50.0 Å². The highest BCUT2D eigenvalue weighted by Crippen LogP contribution is 2.69. The lowest BCUT2D eigenvalue weighted by atomic mass is 9.44. The maximum atomic E-state index is 13.6. The van der Waals surface area contributed by atoms with E-state index < -0.39 is 45.0 Å². The number of hydrogen-bond acceptors (Lipinski definition) is 5. The average molecular weight is 391 g/mol. The molecule has 2 atom stereocenters. The molecule has 0 spiro atoms. The van der Waals surface area contributed by atoms with Gasteiger partial charge >= 0.3 is 17.4 Å². The van der Waals surface area contributed by atoms with Crippen molar-refractivity contribution in [2.75, 3.05) is 6.61 Å². The molecule has 144 valence electrons. The Morgan fingerprint density at radius 2 is 1.60 bits per heavy atom. The van der Waals surface area contributed by atoms with E-state index in [1.54, 1.807) is 0 Å². The Morgan fingerprint density at radius 3 is 2.04 bits per heavy atom. The number of halogens is 5. The first-order chi connectivity index (χ1) is 11.2. The topological polar surface area (TPSA) is 83.5 Å². The van der Waals surface area contributed by atoms with E-state index in [0.717, 1.165) is 0 Å². The molecule has 0 aromatic carbocycles. The Balaban J connectivity index is 1.78. The summed E-state index contributed by atoms with van der Waals surface area (Å²) >= 11 is 0. The fourth-order valence-electron chi connectivity index (χ4n) is 5.36. The number of alkyl halides is 5. The van der Waals surface area contributed by atoms with Crippen LogP contribution >= 0.6 is 0 Å². The molecule has 4 aliphatic rings. The van der Waals surface area contributed by atoms with Gasteiger partial charge in [-0.05, 0) is 50.4 Å². The Bertz CT molecular complexity index is 672. The molecule has 4 fully saturated rings. The van der Waals surface area contributed by atoms with Gasteiger partial charge in [0.1, 0.15) is 0 Å². The maximum Gasteiger partial charge on any atom is 0.428 e. The maximum absolute atomic E-state index is 13.6. The Kier molecular flexibility index (Phi) is 3.97. The molecule has 5 nitrogen and oxygen atoms in total. The van der Waals surface area contributed by atoms with Crippen LogP contribution in [0, 0.1) is 22.7 Å². The second kappa shape index (κ2) is 5.28. The summed E-state index contributed by atoms with van der Waals surface area (Å²) < 4.78 is 103. The molecule has 0 N–H and O–H groups in total. The Hall–Kier alpha value is -0.970. The van der Waals surface area contributed by atoms with Gasteiger partial charge in [-0.15, -0.1) is 0 Å². The van der Waals surface area contributed by atoms with Gasteiger partial charge in [-0.25, -0.2) is 13.2 Å². The number of carbonyl (C=O) groups is 1. The molecule has 4 saturated carbocycles. The predicted octanol–water partition coefficient (Wildman–Crippen LogP) is 2.82. The van der Waals surface area contributed by atoms with Crippen LogP contribution in [0.1, 0.15) is 38.5 Å². The van der Waals surface area contributed by atoms with Crippen molar-refractivity contribution < 1.29 is 44.5 Å². The van der Waals surface area contributed by atoms with E-state index in [2.05, 4.69) is 4.74 Å². The lowest BCUT2D eigenvalue weighted by Gasteiger charge is -2.61. The van der Waals surface area contributed by atoms with Gasteiger partial charge in [0, 0.05) is 5.41 Å². The summed E-state index contributed by atoms with van der Waals surface area (Å²) in [5.41, 5.74) is -3.01. The molecular formula is C14H16F5O5S-. The standard InChI is InChI=1S/C14H17F5O5S/c15-13(16,25(21,22)23)10(20)24-7-11-2-8-1-9(3-11)5-12(4-8,6-11)14(17,18)19/h8-9H,1-7H2,(H,21,22,23)/p-1. The van der Waals surface area contributed by atoms with Gasteiger partial charge in [-0.2, -0.15) is 22.0 Å². The van der Waals surface area contributed by atoms with Crippen LogP contribution in [0.3, 0.4) is 0 Å². The zero-order valence-corrected chi connectivity index (χ0v) is 13.8. The Morgan fingerprint density at radius 1 is 1.08 bits per heavy atom. The van der Waals surface area contributed by atoms with Crippen LogP contribution in [-0.2, 0) is 19.6 Å². The van der Waals surface area contributed by atoms with E-state index in [1.165, 1.54) is 0 Å². The lowest BCUT2D eigenvalue weighted by Crippen LogP contribution is -2.59. The summed E-state index contributed by atoms with van der Waals surface area (Å²) in [6.07, 6.45) is -3.57. The van der Waals surface area contributed by atoms with Crippen LogP contribution < -0.4 is 0 Å². The highest BCUT2D eigenvalue weighted by Gasteiger charge is 2.67. The SMILES string of the molecule is O=C(OCC12CC3CC(C1)CC(C(F)(F)F)(C3)C2)C(F)(F)S(=O)(=O)[O-]. The summed E-state index contributed by atoms with van der Waals surface area (Å²) in [6.45, 7) is -0.734. The summed E-state index contributed by atoms with van der Waals surface area (Å²) in [5, 5.41) is -5.25. The molecule has 4 aliphatic carbocycles. The van der Waals surface area contributed by atoms with Crippen molar-refractivity contribution in [2.24, 2.45) is 22.7 Å². The van der Waals surface area contributed by atoms with Gasteiger partial charge in [0.15, 0.2) is 10.1 Å². The molecule has 0 radical (unpaired) electrons. The third kappa shape index (κ3) is 2.92. The van der Waals surface area contributed by atoms with Crippen LogP contribution in [0.15, 0.2) is 0 Å². The van der Waals surface area contributed by atoms with Crippen LogP contribution in [-0.4, -0.2) is 37.0 Å². The number of carbonyl (C=O) groups excluding carboxylic acids is 1. The first-order valence-electron chi connectivity index (χ1n) is 7.77. The molecule has 25 heavy (non-hydrogen) atoms. The van der Waals surface area contributed by atoms with Crippen molar-refractivity contribution in [1.29, 1.82) is 0 Å². The normalized spacial score (nSPS) is 38.0. The van der Waals surface area contributed by atoms with Gasteiger partial charge < -0.3 is 9.29 Å². The van der Waals surface area contributed by atoms with Gasteiger partial charge in [-0.3, -0.25) is 0 Å². The number of hydrogen-bond donors (Lipinski definition) is 0. The first-order valence-corrected chi connectivity index (χ1v) is 9.18. The zero-order chi connectivity index (χ0) is 18.9. The fraction of sp³-hybridized carbons (Fsp3) is 0.929. The van der Waals surface area contributed by atoms with E-state index in [4.69, 9.17) is 0 Å². The van der Waals surface area contributed by atoms with Crippen molar-refractivity contribution in [1.82, 2.24) is 0 Å². The van der Waals surface area contributed by atoms with Crippen LogP contribution in [0.4, 0.5) is 22.0 Å². The number of esters is 1.